The number of rotatable bonds is 1. The van der Waals surface area contributed by atoms with Gasteiger partial charge in [0.15, 0.2) is 0 Å². The summed E-state index contributed by atoms with van der Waals surface area (Å²) in [6.45, 7) is 1.77. The van der Waals surface area contributed by atoms with E-state index in [1.54, 1.807) is 37.3 Å². The topological polar surface area (TPSA) is 20.2 Å². The fourth-order valence-electron chi connectivity index (χ4n) is 1.55. The maximum atomic E-state index is 13.7. The lowest BCUT2D eigenvalue weighted by molar-refractivity contribution is 0.471. The number of phenolic OH excluding ortho intramolecular Hbond substituents is 1. The molecule has 0 aliphatic rings. The lowest BCUT2D eigenvalue weighted by Gasteiger charge is -2.06. The molecule has 1 N–H and O–H groups in total. The molecule has 16 heavy (non-hydrogen) atoms. The Morgan fingerprint density at radius 3 is 2.62 bits per heavy atom. The zero-order chi connectivity index (χ0) is 11.7. The molecule has 2 aromatic rings. The number of phenols is 1. The molecule has 0 aromatic heterocycles. The number of aryl methyl sites for hydroxylation is 1. The van der Waals surface area contributed by atoms with Crippen molar-refractivity contribution >= 4 is 11.6 Å². The first-order valence-electron chi connectivity index (χ1n) is 4.83. The van der Waals surface area contributed by atoms with E-state index in [1.165, 1.54) is 6.07 Å². The maximum Gasteiger partial charge on any atom is 0.149 e. The van der Waals surface area contributed by atoms with Crippen molar-refractivity contribution in [1.29, 1.82) is 0 Å². The van der Waals surface area contributed by atoms with Crippen molar-refractivity contribution in [3.63, 3.8) is 0 Å². The molecular weight excluding hydrogens is 227 g/mol. The van der Waals surface area contributed by atoms with Crippen molar-refractivity contribution in [2.24, 2.45) is 0 Å². The Morgan fingerprint density at radius 1 is 1.19 bits per heavy atom. The van der Waals surface area contributed by atoms with Crippen LogP contribution in [-0.4, -0.2) is 5.11 Å². The van der Waals surface area contributed by atoms with Crippen molar-refractivity contribution in [1.82, 2.24) is 0 Å². The first-order chi connectivity index (χ1) is 7.59. The number of hydrogen-bond acceptors (Lipinski definition) is 1. The lowest BCUT2D eigenvalue weighted by Crippen LogP contribution is -1.86. The Morgan fingerprint density at radius 2 is 1.94 bits per heavy atom. The Bertz CT molecular complexity index is 537. The molecule has 0 spiro atoms. The quantitative estimate of drug-likeness (QED) is 0.788. The fraction of sp³-hybridized carbons (Fsp3) is 0.0769. The molecule has 0 saturated heterocycles. The Labute approximate surface area is 98.1 Å². The standard InChI is InChI=1S/C13H10ClFO/c1-8-7-9(5-6-12(8)16)10-3-2-4-11(14)13(10)15/h2-7,16H,1H3. The highest BCUT2D eigenvalue weighted by Crippen LogP contribution is 2.30. The third-order valence-corrected chi connectivity index (χ3v) is 2.75. The summed E-state index contributed by atoms with van der Waals surface area (Å²) in [5.74, 6) is -0.236. The summed E-state index contributed by atoms with van der Waals surface area (Å²) in [5, 5.41) is 9.49. The van der Waals surface area contributed by atoms with Crippen LogP contribution >= 0.6 is 11.6 Å². The molecule has 2 rings (SSSR count). The average Bonchev–Trinajstić information content (AvgIpc) is 2.26. The van der Waals surface area contributed by atoms with Gasteiger partial charge in [-0.3, -0.25) is 0 Å². The van der Waals surface area contributed by atoms with E-state index < -0.39 is 5.82 Å². The van der Waals surface area contributed by atoms with Crippen LogP contribution in [0.4, 0.5) is 4.39 Å². The van der Waals surface area contributed by atoms with Gasteiger partial charge in [0.25, 0.3) is 0 Å². The third-order valence-electron chi connectivity index (χ3n) is 2.46. The van der Waals surface area contributed by atoms with Crippen molar-refractivity contribution in [3.05, 3.63) is 52.8 Å². The Balaban J connectivity index is 2.59. The molecule has 0 aliphatic carbocycles. The highest BCUT2D eigenvalue weighted by Gasteiger charge is 2.09. The zero-order valence-corrected chi connectivity index (χ0v) is 9.42. The zero-order valence-electron chi connectivity index (χ0n) is 8.67. The molecule has 2 aromatic carbocycles. The first-order valence-corrected chi connectivity index (χ1v) is 5.21. The monoisotopic (exact) mass is 236 g/mol. The van der Waals surface area contributed by atoms with Crippen LogP contribution in [0.3, 0.4) is 0 Å². The minimum Gasteiger partial charge on any atom is -0.508 e. The van der Waals surface area contributed by atoms with E-state index in [4.69, 9.17) is 11.6 Å². The summed E-state index contributed by atoms with van der Waals surface area (Å²) in [7, 11) is 0. The fourth-order valence-corrected chi connectivity index (χ4v) is 1.72. The maximum absolute atomic E-state index is 13.7. The second-order valence-corrected chi connectivity index (χ2v) is 4.01. The van der Waals surface area contributed by atoms with Crippen LogP contribution in [0.25, 0.3) is 11.1 Å². The Hall–Kier alpha value is -1.54. The van der Waals surface area contributed by atoms with Crippen LogP contribution in [0.1, 0.15) is 5.56 Å². The number of hydrogen-bond donors (Lipinski definition) is 1. The lowest BCUT2D eigenvalue weighted by atomic mass is 10.0. The average molecular weight is 237 g/mol. The van der Waals surface area contributed by atoms with Gasteiger partial charge in [0, 0.05) is 5.56 Å². The van der Waals surface area contributed by atoms with E-state index in [2.05, 4.69) is 0 Å². The van der Waals surface area contributed by atoms with Crippen LogP contribution in [0.2, 0.25) is 5.02 Å². The van der Waals surface area contributed by atoms with Gasteiger partial charge in [-0.2, -0.15) is 0 Å². The second kappa shape index (κ2) is 4.14. The largest absolute Gasteiger partial charge is 0.508 e. The van der Waals surface area contributed by atoms with E-state index >= 15 is 0 Å². The van der Waals surface area contributed by atoms with Crippen LogP contribution in [0.15, 0.2) is 36.4 Å². The van der Waals surface area contributed by atoms with Gasteiger partial charge in [0.1, 0.15) is 11.6 Å². The second-order valence-electron chi connectivity index (χ2n) is 3.60. The number of aromatic hydroxyl groups is 1. The molecule has 82 valence electrons. The van der Waals surface area contributed by atoms with Gasteiger partial charge in [0.05, 0.1) is 5.02 Å². The van der Waals surface area contributed by atoms with Gasteiger partial charge in [-0.1, -0.05) is 29.8 Å². The van der Waals surface area contributed by atoms with E-state index in [-0.39, 0.29) is 10.8 Å². The van der Waals surface area contributed by atoms with Crippen LogP contribution < -0.4 is 0 Å². The first kappa shape index (κ1) is 11.0. The molecule has 0 aliphatic heterocycles. The van der Waals surface area contributed by atoms with E-state index in [0.717, 1.165) is 0 Å². The van der Waals surface area contributed by atoms with Gasteiger partial charge in [0.2, 0.25) is 0 Å². The van der Waals surface area contributed by atoms with Gasteiger partial charge < -0.3 is 5.11 Å². The third kappa shape index (κ3) is 1.89. The normalized spacial score (nSPS) is 10.4. The summed E-state index contributed by atoms with van der Waals surface area (Å²) in [5.41, 5.74) is 1.85. The van der Waals surface area contributed by atoms with E-state index in [0.29, 0.717) is 16.7 Å². The number of benzene rings is 2. The van der Waals surface area contributed by atoms with Crippen LogP contribution in [0, 0.1) is 12.7 Å². The minimum absolute atomic E-state index is 0.100. The smallest absolute Gasteiger partial charge is 0.149 e. The molecule has 0 saturated carbocycles. The summed E-state index contributed by atoms with van der Waals surface area (Å²) >= 11 is 5.71. The molecule has 0 fully saturated rings. The summed E-state index contributed by atoms with van der Waals surface area (Å²) in [4.78, 5) is 0. The van der Waals surface area contributed by atoms with Gasteiger partial charge in [-0.05, 0) is 36.2 Å². The predicted molar refractivity (Wildman–Crippen MR) is 63.2 cm³/mol. The van der Waals surface area contributed by atoms with Gasteiger partial charge in [-0.15, -0.1) is 0 Å². The minimum atomic E-state index is -0.436. The molecule has 3 heteroatoms. The molecule has 1 nitrogen and oxygen atoms in total. The molecular formula is C13H10ClFO. The number of halogens is 2. The van der Waals surface area contributed by atoms with Crippen molar-refractivity contribution < 1.29 is 9.50 Å². The van der Waals surface area contributed by atoms with Crippen LogP contribution in [-0.2, 0) is 0 Å². The molecule has 0 unspecified atom stereocenters. The molecule has 0 atom stereocenters. The van der Waals surface area contributed by atoms with Gasteiger partial charge in [-0.25, -0.2) is 4.39 Å². The summed E-state index contributed by atoms with van der Waals surface area (Å²) in [6.07, 6.45) is 0. The van der Waals surface area contributed by atoms with Crippen molar-refractivity contribution in [2.75, 3.05) is 0 Å². The summed E-state index contributed by atoms with van der Waals surface area (Å²) < 4.78 is 13.7. The molecule has 0 bridgehead atoms. The van der Waals surface area contributed by atoms with E-state index in [1.807, 2.05) is 0 Å². The van der Waals surface area contributed by atoms with Crippen LogP contribution in [0.5, 0.6) is 5.75 Å². The summed E-state index contributed by atoms with van der Waals surface area (Å²) in [6, 6.07) is 9.80. The van der Waals surface area contributed by atoms with E-state index in [9.17, 15) is 9.50 Å². The molecule has 0 amide bonds. The van der Waals surface area contributed by atoms with Gasteiger partial charge >= 0.3 is 0 Å². The highest BCUT2D eigenvalue weighted by atomic mass is 35.5. The predicted octanol–water partition coefficient (Wildman–Crippen LogP) is 4.16. The highest BCUT2D eigenvalue weighted by molar-refractivity contribution is 6.31. The molecule has 0 heterocycles. The van der Waals surface area contributed by atoms with Crippen molar-refractivity contribution in [3.8, 4) is 16.9 Å². The van der Waals surface area contributed by atoms with Crippen molar-refractivity contribution in [2.45, 2.75) is 6.92 Å². The SMILES string of the molecule is Cc1cc(-c2cccc(Cl)c2F)ccc1O. The Kier molecular flexibility index (Phi) is 2.84. The molecule has 0 radical (unpaired) electrons.